The summed E-state index contributed by atoms with van der Waals surface area (Å²) in [7, 11) is 1.61. The number of benzene rings is 2. The number of ether oxygens (including phenoxy) is 1. The maximum Gasteiger partial charge on any atom is 0.252 e. The number of rotatable bonds is 5. The van der Waals surface area contributed by atoms with Gasteiger partial charge in [0.15, 0.2) is 0 Å². The van der Waals surface area contributed by atoms with Crippen LogP contribution in [0.25, 0.3) is 33.1 Å². The Bertz CT molecular complexity index is 1080. The third-order valence-electron chi connectivity index (χ3n) is 4.42. The summed E-state index contributed by atoms with van der Waals surface area (Å²) < 4.78 is 5.02. The van der Waals surface area contributed by atoms with Crippen molar-refractivity contribution in [1.82, 2.24) is 15.3 Å². The molecule has 2 aromatic carbocycles. The molecule has 2 N–H and O–H groups in total. The molecule has 0 aliphatic heterocycles. The monoisotopic (exact) mass is 345 g/mol. The highest BCUT2D eigenvalue weighted by molar-refractivity contribution is 6.08. The number of aromatic amines is 1. The minimum absolute atomic E-state index is 0.123. The maximum atomic E-state index is 12.7. The van der Waals surface area contributed by atoms with Crippen LogP contribution in [-0.4, -0.2) is 36.1 Å². The minimum Gasteiger partial charge on any atom is -0.383 e. The third-order valence-corrected chi connectivity index (χ3v) is 4.42. The summed E-state index contributed by atoms with van der Waals surface area (Å²) in [5, 5.41) is 4.83. The van der Waals surface area contributed by atoms with Crippen LogP contribution >= 0.6 is 0 Å². The van der Waals surface area contributed by atoms with Crippen LogP contribution in [0, 0.1) is 0 Å². The second-order valence-electron chi connectivity index (χ2n) is 6.07. The Morgan fingerprint density at radius 2 is 1.88 bits per heavy atom. The van der Waals surface area contributed by atoms with Gasteiger partial charge in [0.05, 0.1) is 23.4 Å². The number of nitrogens with one attached hydrogen (secondary N) is 2. The van der Waals surface area contributed by atoms with Crippen LogP contribution in [0.3, 0.4) is 0 Å². The lowest BCUT2D eigenvalue weighted by molar-refractivity contribution is 0.0938. The molecule has 4 aromatic rings. The number of methoxy groups -OCH3 is 1. The van der Waals surface area contributed by atoms with Gasteiger partial charge in [-0.05, 0) is 18.2 Å². The van der Waals surface area contributed by atoms with E-state index in [0.717, 1.165) is 33.1 Å². The van der Waals surface area contributed by atoms with Crippen molar-refractivity contribution in [2.45, 2.75) is 0 Å². The number of para-hydroxylation sites is 2. The molecule has 0 radical (unpaired) electrons. The Morgan fingerprint density at radius 3 is 2.73 bits per heavy atom. The second kappa shape index (κ2) is 6.98. The predicted molar refractivity (Wildman–Crippen MR) is 103 cm³/mol. The number of H-pyrrole nitrogens is 1. The molecule has 0 unspecified atom stereocenters. The summed E-state index contributed by atoms with van der Waals surface area (Å²) in [6, 6.07) is 17.6. The molecule has 0 fully saturated rings. The van der Waals surface area contributed by atoms with Crippen LogP contribution in [0.5, 0.6) is 0 Å². The van der Waals surface area contributed by atoms with Crippen LogP contribution in [0.4, 0.5) is 0 Å². The quantitative estimate of drug-likeness (QED) is 0.541. The average Bonchev–Trinajstić information content (AvgIpc) is 3.11. The van der Waals surface area contributed by atoms with Crippen LogP contribution < -0.4 is 5.32 Å². The van der Waals surface area contributed by atoms with Gasteiger partial charge in [-0.2, -0.15) is 0 Å². The number of nitrogens with zero attached hydrogens (tertiary/aromatic N) is 1. The van der Waals surface area contributed by atoms with E-state index >= 15 is 0 Å². The Balaban J connectivity index is 1.85. The number of carbonyl (C=O) groups is 1. The molecule has 1 amide bonds. The van der Waals surface area contributed by atoms with Gasteiger partial charge in [-0.15, -0.1) is 0 Å². The summed E-state index contributed by atoms with van der Waals surface area (Å²) in [6.07, 6.45) is 1.94. The highest BCUT2D eigenvalue weighted by atomic mass is 16.5. The molecule has 130 valence electrons. The molecule has 0 saturated heterocycles. The maximum absolute atomic E-state index is 12.7. The van der Waals surface area contributed by atoms with Gasteiger partial charge in [0.1, 0.15) is 0 Å². The Morgan fingerprint density at radius 1 is 1.12 bits per heavy atom. The highest BCUT2D eigenvalue weighted by Crippen LogP contribution is 2.30. The zero-order valence-electron chi connectivity index (χ0n) is 14.5. The molecule has 0 bridgehead atoms. The lowest BCUT2D eigenvalue weighted by atomic mass is 10.0. The van der Waals surface area contributed by atoms with Crippen LogP contribution in [0.1, 0.15) is 10.4 Å². The van der Waals surface area contributed by atoms with Crippen LogP contribution in [0.15, 0.2) is 60.8 Å². The molecule has 2 aromatic heterocycles. The fourth-order valence-electron chi connectivity index (χ4n) is 3.15. The lowest BCUT2D eigenvalue weighted by Crippen LogP contribution is -2.27. The Hall–Kier alpha value is -3.18. The summed E-state index contributed by atoms with van der Waals surface area (Å²) >= 11 is 0. The topological polar surface area (TPSA) is 67.0 Å². The smallest absolute Gasteiger partial charge is 0.252 e. The number of hydrogen-bond acceptors (Lipinski definition) is 3. The summed E-state index contributed by atoms with van der Waals surface area (Å²) in [6.45, 7) is 0.943. The number of aromatic nitrogens is 2. The van der Waals surface area contributed by atoms with Gasteiger partial charge in [-0.1, -0.05) is 36.4 Å². The van der Waals surface area contributed by atoms with Crippen molar-refractivity contribution < 1.29 is 9.53 Å². The van der Waals surface area contributed by atoms with Crippen molar-refractivity contribution in [1.29, 1.82) is 0 Å². The molecule has 5 heteroatoms. The fraction of sp³-hybridized carbons (Fsp3) is 0.143. The predicted octanol–water partition coefficient (Wildman–Crippen LogP) is 3.76. The first-order valence-corrected chi connectivity index (χ1v) is 8.51. The molecule has 0 spiro atoms. The summed E-state index contributed by atoms with van der Waals surface area (Å²) in [5.41, 5.74) is 4.22. The van der Waals surface area contributed by atoms with E-state index in [0.29, 0.717) is 18.7 Å². The fourth-order valence-corrected chi connectivity index (χ4v) is 3.15. The Labute approximate surface area is 151 Å². The van der Waals surface area contributed by atoms with E-state index < -0.39 is 0 Å². The van der Waals surface area contributed by atoms with Gasteiger partial charge in [0.2, 0.25) is 0 Å². The van der Waals surface area contributed by atoms with E-state index in [2.05, 4.69) is 16.4 Å². The number of amides is 1. The zero-order chi connectivity index (χ0) is 17.9. The average molecular weight is 345 g/mol. The standard InChI is InChI=1S/C21H19N3O2/c1-26-11-10-22-21(25)16-12-20(24-19-9-5-3-6-14(16)19)17-13-23-18-8-4-2-7-15(17)18/h2-9,12-13,23H,10-11H2,1H3,(H,22,25). The number of carbonyl (C=O) groups excluding carboxylic acids is 1. The van der Waals surface area contributed by atoms with Crippen LogP contribution in [-0.2, 0) is 4.74 Å². The van der Waals surface area contributed by atoms with E-state index in [1.807, 2.05) is 54.7 Å². The molecule has 4 rings (SSSR count). The molecule has 0 atom stereocenters. The third kappa shape index (κ3) is 2.93. The van der Waals surface area contributed by atoms with Crippen molar-refractivity contribution in [3.05, 3.63) is 66.4 Å². The molecule has 0 saturated carbocycles. The van der Waals surface area contributed by atoms with Crippen molar-refractivity contribution in [3.63, 3.8) is 0 Å². The van der Waals surface area contributed by atoms with E-state index in [4.69, 9.17) is 9.72 Å². The number of pyridine rings is 1. The summed E-state index contributed by atoms with van der Waals surface area (Å²) in [5.74, 6) is -0.123. The van der Waals surface area contributed by atoms with Gasteiger partial charge in [-0.25, -0.2) is 4.98 Å². The van der Waals surface area contributed by atoms with E-state index in [-0.39, 0.29) is 5.91 Å². The van der Waals surface area contributed by atoms with Crippen molar-refractivity contribution in [2.24, 2.45) is 0 Å². The molecule has 0 aliphatic carbocycles. The highest BCUT2D eigenvalue weighted by Gasteiger charge is 2.15. The van der Waals surface area contributed by atoms with E-state index in [1.165, 1.54) is 0 Å². The van der Waals surface area contributed by atoms with Crippen molar-refractivity contribution >= 4 is 27.7 Å². The summed E-state index contributed by atoms with van der Waals surface area (Å²) in [4.78, 5) is 20.8. The first kappa shape index (κ1) is 16.3. The first-order chi connectivity index (χ1) is 12.8. The van der Waals surface area contributed by atoms with Crippen molar-refractivity contribution in [2.75, 3.05) is 20.3 Å². The van der Waals surface area contributed by atoms with Gasteiger partial charge in [-0.3, -0.25) is 4.79 Å². The first-order valence-electron chi connectivity index (χ1n) is 8.51. The normalized spacial score (nSPS) is 11.1. The van der Waals surface area contributed by atoms with Crippen molar-refractivity contribution in [3.8, 4) is 11.3 Å². The van der Waals surface area contributed by atoms with E-state index in [1.54, 1.807) is 7.11 Å². The van der Waals surface area contributed by atoms with Gasteiger partial charge < -0.3 is 15.0 Å². The molecule has 2 heterocycles. The van der Waals surface area contributed by atoms with Gasteiger partial charge in [0, 0.05) is 41.7 Å². The molecule has 26 heavy (non-hydrogen) atoms. The van der Waals surface area contributed by atoms with Crippen LogP contribution in [0.2, 0.25) is 0 Å². The van der Waals surface area contributed by atoms with E-state index in [9.17, 15) is 4.79 Å². The number of fused-ring (bicyclic) bond motifs is 2. The minimum atomic E-state index is -0.123. The lowest BCUT2D eigenvalue weighted by Gasteiger charge is -2.10. The molecular weight excluding hydrogens is 326 g/mol. The molecular formula is C21H19N3O2. The molecule has 0 aliphatic rings. The van der Waals surface area contributed by atoms with Gasteiger partial charge >= 0.3 is 0 Å². The SMILES string of the molecule is COCCNC(=O)c1cc(-c2c[nH]c3ccccc23)nc2ccccc12. The Kier molecular flexibility index (Phi) is 4.37. The zero-order valence-corrected chi connectivity index (χ0v) is 14.5. The number of hydrogen-bond donors (Lipinski definition) is 2. The second-order valence-corrected chi connectivity index (χ2v) is 6.07. The van der Waals surface area contributed by atoms with Gasteiger partial charge in [0.25, 0.3) is 5.91 Å². The largest absolute Gasteiger partial charge is 0.383 e. The molecule has 5 nitrogen and oxygen atoms in total.